The monoisotopic (exact) mass is 389 g/mol. The van der Waals surface area contributed by atoms with Gasteiger partial charge in [0.25, 0.3) is 5.69 Å². The number of para-hydroxylation sites is 1. The zero-order chi connectivity index (χ0) is 19.5. The molecule has 0 N–H and O–H groups in total. The molecule has 0 amide bonds. The first-order valence-electron chi connectivity index (χ1n) is 8.60. The van der Waals surface area contributed by atoms with Crippen molar-refractivity contribution in [2.45, 2.75) is 11.5 Å². The van der Waals surface area contributed by atoms with Gasteiger partial charge in [0.05, 0.1) is 9.83 Å². The predicted molar refractivity (Wildman–Crippen MR) is 108 cm³/mol. The van der Waals surface area contributed by atoms with Crippen molar-refractivity contribution in [1.82, 2.24) is 0 Å². The molecule has 138 valence electrons. The Bertz CT molecular complexity index is 1090. The molecule has 0 radical (unpaired) electrons. The van der Waals surface area contributed by atoms with E-state index < -0.39 is 4.92 Å². The van der Waals surface area contributed by atoms with Crippen molar-refractivity contribution in [3.8, 4) is 5.75 Å². The quantitative estimate of drug-likeness (QED) is 0.327. The second-order valence-corrected chi connectivity index (χ2v) is 7.27. The van der Waals surface area contributed by atoms with Gasteiger partial charge in [-0.15, -0.1) is 0 Å². The van der Waals surface area contributed by atoms with Gasteiger partial charge in [-0.1, -0.05) is 42.1 Å². The molecule has 28 heavy (non-hydrogen) atoms. The minimum absolute atomic E-state index is 0.0192. The smallest absolute Gasteiger partial charge is 0.269 e. The van der Waals surface area contributed by atoms with E-state index in [0.29, 0.717) is 10.7 Å². The van der Waals surface area contributed by atoms with Crippen molar-refractivity contribution < 1.29 is 14.5 Å². The zero-order valence-electron chi connectivity index (χ0n) is 14.7. The molecule has 0 unspecified atom stereocenters. The van der Waals surface area contributed by atoms with Gasteiger partial charge in [0, 0.05) is 28.2 Å². The lowest BCUT2D eigenvalue weighted by Gasteiger charge is -2.09. The number of rotatable bonds is 5. The van der Waals surface area contributed by atoms with Crippen LogP contribution < -0.4 is 4.74 Å². The first-order chi connectivity index (χ1) is 13.6. The third-order valence-corrected chi connectivity index (χ3v) is 5.42. The third kappa shape index (κ3) is 3.68. The third-order valence-electron chi connectivity index (χ3n) is 4.32. The Labute approximate surface area is 165 Å². The van der Waals surface area contributed by atoms with Crippen molar-refractivity contribution in [2.75, 3.05) is 0 Å². The van der Waals surface area contributed by atoms with E-state index in [1.807, 2.05) is 54.6 Å². The van der Waals surface area contributed by atoms with E-state index in [1.54, 1.807) is 12.1 Å². The molecule has 3 aromatic carbocycles. The number of hydrogen-bond acceptors (Lipinski definition) is 5. The van der Waals surface area contributed by atoms with Crippen LogP contribution in [0.5, 0.6) is 5.75 Å². The molecule has 0 atom stereocenters. The Kier molecular flexibility index (Phi) is 4.95. The normalized spacial score (nSPS) is 14.1. The van der Waals surface area contributed by atoms with Crippen LogP contribution in [0.4, 0.5) is 5.69 Å². The number of allylic oxidation sites excluding steroid dienone is 1. The Morgan fingerprint density at radius 3 is 2.43 bits per heavy atom. The minimum Gasteiger partial charge on any atom is -0.488 e. The average molecular weight is 389 g/mol. The number of nitrogens with zero attached hydrogens (tertiary/aromatic N) is 1. The summed E-state index contributed by atoms with van der Waals surface area (Å²) in [4.78, 5) is 24.5. The van der Waals surface area contributed by atoms with Gasteiger partial charge in [0.2, 0.25) is 5.78 Å². The fraction of sp³-hybridized carbons (Fsp3) is 0.0455. The molecule has 1 heterocycles. The number of non-ortho nitro benzene ring substituents is 1. The molecule has 0 aromatic heterocycles. The summed E-state index contributed by atoms with van der Waals surface area (Å²) in [5, 5.41) is 10.7. The molecule has 4 rings (SSSR count). The maximum atomic E-state index is 12.6. The molecule has 5 nitrogen and oxygen atoms in total. The predicted octanol–water partition coefficient (Wildman–Crippen LogP) is 5.50. The van der Waals surface area contributed by atoms with Crippen molar-refractivity contribution >= 4 is 29.3 Å². The molecular weight excluding hydrogens is 374 g/mol. The summed E-state index contributed by atoms with van der Waals surface area (Å²) < 4.78 is 5.91. The van der Waals surface area contributed by atoms with Crippen LogP contribution in [0.1, 0.15) is 21.5 Å². The highest BCUT2D eigenvalue weighted by molar-refractivity contribution is 8.04. The molecule has 0 bridgehead atoms. The van der Waals surface area contributed by atoms with Crippen LogP contribution in [0.25, 0.3) is 6.08 Å². The van der Waals surface area contributed by atoms with E-state index in [2.05, 4.69) is 0 Å². The standard InChI is InChI=1S/C22H15NO4S/c24-22-18-6-2-4-8-20(18)28-21(22)13-16-5-1-3-7-19(16)27-14-15-9-11-17(12-10-15)23(25)26/h1-13H,14H2/b21-13+. The number of nitro groups is 1. The molecule has 0 aliphatic carbocycles. The average Bonchev–Trinajstić information content (AvgIpc) is 3.03. The van der Waals surface area contributed by atoms with E-state index in [9.17, 15) is 14.9 Å². The number of ether oxygens (including phenoxy) is 1. The maximum absolute atomic E-state index is 12.6. The zero-order valence-corrected chi connectivity index (χ0v) is 15.5. The summed E-state index contributed by atoms with van der Waals surface area (Å²) in [6.45, 7) is 0.277. The number of nitro benzene ring substituents is 1. The summed E-state index contributed by atoms with van der Waals surface area (Å²) in [7, 11) is 0. The van der Waals surface area contributed by atoms with Crippen LogP contribution in [0, 0.1) is 10.1 Å². The van der Waals surface area contributed by atoms with Crippen LogP contribution in [-0.2, 0) is 6.61 Å². The van der Waals surface area contributed by atoms with Gasteiger partial charge in [-0.3, -0.25) is 14.9 Å². The topological polar surface area (TPSA) is 69.4 Å². The Balaban J connectivity index is 1.53. The Morgan fingerprint density at radius 2 is 1.68 bits per heavy atom. The first-order valence-corrected chi connectivity index (χ1v) is 9.42. The molecule has 0 spiro atoms. The second-order valence-electron chi connectivity index (χ2n) is 6.19. The highest BCUT2D eigenvalue weighted by atomic mass is 32.2. The van der Waals surface area contributed by atoms with Gasteiger partial charge in [0.15, 0.2) is 0 Å². The van der Waals surface area contributed by atoms with Crippen molar-refractivity contribution in [3.63, 3.8) is 0 Å². The number of fused-ring (bicyclic) bond motifs is 1. The summed E-state index contributed by atoms with van der Waals surface area (Å²) >= 11 is 1.46. The van der Waals surface area contributed by atoms with Crippen molar-refractivity contribution in [3.05, 3.63) is 105 Å². The summed E-state index contributed by atoms with van der Waals surface area (Å²) in [5.74, 6) is 0.670. The van der Waals surface area contributed by atoms with E-state index in [0.717, 1.165) is 21.6 Å². The minimum atomic E-state index is -0.430. The van der Waals surface area contributed by atoms with E-state index >= 15 is 0 Å². The van der Waals surface area contributed by atoms with Crippen molar-refractivity contribution in [1.29, 1.82) is 0 Å². The van der Waals surface area contributed by atoms with Gasteiger partial charge in [0.1, 0.15) is 12.4 Å². The number of ketones is 1. The summed E-state index contributed by atoms with van der Waals surface area (Å²) in [6, 6.07) is 21.3. The van der Waals surface area contributed by atoms with Crippen LogP contribution in [0.3, 0.4) is 0 Å². The van der Waals surface area contributed by atoms with E-state index in [4.69, 9.17) is 4.74 Å². The van der Waals surface area contributed by atoms with Gasteiger partial charge in [-0.2, -0.15) is 0 Å². The molecule has 0 saturated heterocycles. The molecule has 1 aliphatic heterocycles. The molecular formula is C22H15NO4S. The van der Waals surface area contributed by atoms with Gasteiger partial charge < -0.3 is 4.74 Å². The highest BCUT2D eigenvalue weighted by Crippen LogP contribution is 2.41. The number of Topliss-reactive ketones (excluding diaryl/α,β-unsaturated/α-hetero) is 1. The van der Waals surface area contributed by atoms with Crippen LogP contribution in [-0.4, -0.2) is 10.7 Å². The van der Waals surface area contributed by atoms with Crippen LogP contribution in [0.2, 0.25) is 0 Å². The lowest BCUT2D eigenvalue weighted by Crippen LogP contribution is -1.98. The van der Waals surface area contributed by atoms with Gasteiger partial charge in [-0.05, 0) is 42.0 Å². The second kappa shape index (κ2) is 7.70. The maximum Gasteiger partial charge on any atom is 0.269 e. The van der Waals surface area contributed by atoms with Gasteiger partial charge in [-0.25, -0.2) is 0 Å². The number of carbonyl (C=O) groups is 1. The lowest BCUT2D eigenvalue weighted by atomic mass is 10.1. The fourth-order valence-electron chi connectivity index (χ4n) is 2.88. The largest absolute Gasteiger partial charge is 0.488 e. The molecule has 0 saturated carbocycles. The highest BCUT2D eigenvalue weighted by Gasteiger charge is 2.25. The van der Waals surface area contributed by atoms with E-state index in [-0.39, 0.29) is 18.1 Å². The van der Waals surface area contributed by atoms with Gasteiger partial charge >= 0.3 is 0 Å². The molecule has 6 heteroatoms. The number of hydrogen-bond donors (Lipinski definition) is 0. The number of thioether (sulfide) groups is 1. The summed E-state index contributed by atoms with van der Waals surface area (Å²) in [6.07, 6.45) is 1.85. The van der Waals surface area contributed by atoms with E-state index in [1.165, 1.54) is 23.9 Å². The summed E-state index contributed by atoms with van der Waals surface area (Å²) in [5.41, 5.74) is 2.41. The molecule has 0 fully saturated rings. The Morgan fingerprint density at radius 1 is 0.964 bits per heavy atom. The first kappa shape index (κ1) is 18.0. The lowest BCUT2D eigenvalue weighted by molar-refractivity contribution is -0.384. The van der Waals surface area contributed by atoms with Crippen LogP contribution in [0.15, 0.2) is 82.6 Å². The SMILES string of the molecule is O=C1/C(=C\c2ccccc2OCc2ccc([N+](=O)[O-])cc2)Sc2ccccc21. The Hall–Kier alpha value is -3.38. The van der Waals surface area contributed by atoms with Crippen molar-refractivity contribution in [2.24, 2.45) is 0 Å². The van der Waals surface area contributed by atoms with Crippen LogP contribution >= 0.6 is 11.8 Å². The molecule has 3 aromatic rings. The fourth-order valence-corrected chi connectivity index (χ4v) is 3.93. The number of benzene rings is 3. The number of carbonyl (C=O) groups excluding carboxylic acids is 1. The molecule has 1 aliphatic rings.